The molecule has 1 atom stereocenters. The van der Waals surface area contributed by atoms with Gasteiger partial charge in [-0.2, -0.15) is 0 Å². The molecule has 2 N–H and O–H groups in total. The Morgan fingerprint density at radius 3 is 2.76 bits per heavy atom. The third-order valence-corrected chi connectivity index (χ3v) is 6.07. The number of hydrogen-bond acceptors (Lipinski definition) is 4. The molecule has 1 aromatic carbocycles. The molecule has 1 saturated heterocycles. The van der Waals surface area contributed by atoms with Crippen molar-refractivity contribution in [2.45, 2.75) is 50.0 Å². The summed E-state index contributed by atoms with van der Waals surface area (Å²) in [4.78, 5) is 2.74. The summed E-state index contributed by atoms with van der Waals surface area (Å²) < 4.78 is 25.0. The number of hydrogen-bond donors (Lipinski definition) is 1. The molecule has 1 heterocycles. The van der Waals surface area contributed by atoms with Gasteiger partial charge in [0.05, 0.1) is 16.3 Å². The van der Waals surface area contributed by atoms with Crippen molar-refractivity contribution < 1.29 is 8.42 Å². The molecule has 1 unspecified atom stereocenters. The average molecular weight is 310 g/mol. The van der Waals surface area contributed by atoms with Crippen LogP contribution in [0.5, 0.6) is 0 Å². The molecule has 0 amide bonds. The van der Waals surface area contributed by atoms with Gasteiger partial charge in [0.25, 0.3) is 0 Å². The number of anilines is 1. The van der Waals surface area contributed by atoms with Gasteiger partial charge in [0.1, 0.15) is 0 Å². The molecule has 0 radical (unpaired) electrons. The van der Waals surface area contributed by atoms with Crippen LogP contribution >= 0.6 is 0 Å². The van der Waals surface area contributed by atoms with Gasteiger partial charge < -0.3 is 10.6 Å². The normalized spacial score (nSPS) is 19.7. The van der Waals surface area contributed by atoms with Crippen LogP contribution in [0.4, 0.5) is 5.69 Å². The summed E-state index contributed by atoms with van der Waals surface area (Å²) in [6.45, 7) is 3.46. The Morgan fingerprint density at radius 1 is 1.29 bits per heavy atom. The van der Waals surface area contributed by atoms with Gasteiger partial charge in [-0.15, -0.1) is 0 Å². The van der Waals surface area contributed by atoms with Gasteiger partial charge in [-0.05, 0) is 50.8 Å². The summed E-state index contributed by atoms with van der Waals surface area (Å²) >= 11 is 0. The van der Waals surface area contributed by atoms with Crippen LogP contribution in [0.25, 0.3) is 0 Å². The lowest BCUT2D eigenvalue weighted by molar-refractivity contribution is 0.439. The molecule has 5 heteroatoms. The summed E-state index contributed by atoms with van der Waals surface area (Å²) in [7, 11) is -3.20. The van der Waals surface area contributed by atoms with Crippen molar-refractivity contribution in [3.63, 3.8) is 0 Å². The Hall–Kier alpha value is -1.07. The maximum atomic E-state index is 12.5. The minimum Gasteiger partial charge on any atom is -0.367 e. The van der Waals surface area contributed by atoms with E-state index in [0.29, 0.717) is 23.9 Å². The Labute approximate surface area is 128 Å². The van der Waals surface area contributed by atoms with Crippen LogP contribution in [0.1, 0.15) is 39.0 Å². The van der Waals surface area contributed by atoms with E-state index in [1.807, 2.05) is 25.1 Å². The van der Waals surface area contributed by atoms with Crippen molar-refractivity contribution in [3.05, 3.63) is 24.3 Å². The highest BCUT2D eigenvalue weighted by molar-refractivity contribution is 7.91. The lowest BCUT2D eigenvalue weighted by atomic mass is 9.98. The molecule has 1 aliphatic heterocycles. The number of piperidine rings is 1. The number of rotatable bonds is 6. The smallest absolute Gasteiger partial charge is 0.180 e. The first kappa shape index (κ1) is 16.3. The summed E-state index contributed by atoms with van der Waals surface area (Å²) in [5, 5.41) is 0. The van der Waals surface area contributed by atoms with Crippen LogP contribution in [0, 0.1) is 0 Å². The minimum absolute atomic E-state index is 0.208. The molecule has 0 saturated carbocycles. The molecular formula is C16H26N2O2S. The second-order valence-corrected chi connectivity index (χ2v) is 7.78. The van der Waals surface area contributed by atoms with Crippen LogP contribution in [-0.2, 0) is 9.84 Å². The highest BCUT2D eigenvalue weighted by atomic mass is 32.2. The second kappa shape index (κ2) is 7.27. The maximum Gasteiger partial charge on any atom is 0.180 e. The van der Waals surface area contributed by atoms with Gasteiger partial charge in [-0.1, -0.05) is 19.1 Å². The van der Waals surface area contributed by atoms with Crippen molar-refractivity contribution >= 4 is 15.5 Å². The van der Waals surface area contributed by atoms with Crippen molar-refractivity contribution in [1.82, 2.24) is 0 Å². The zero-order valence-electron chi connectivity index (χ0n) is 12.8. The Bertz CT molecular complexity index is 555. The highest BCUT2D eigenvalue weighted by Gasteiger charge is 2.27. The van der Waals surface area contributed by atoms with Gasteiger partial charge in [0.2, 0.25) is 0 Å². The first-order chi connectivity index (χ1) is 10.1. The zero-order chi connectivity index (χ0) is 15.3. The van der Waals surface area contributed by atoms with E-state index in [9.17, 15) is 8.42 Å². The summed E-state index contributed by atoms with van der Waals surface area (Å²) in [6.07, 6.45) is 4.97. The first-order valence-corrected chi connectivity index (χ1v) is 9.54. The fourth-order valence-corrected chi connectivity index (χ4v) is 4.69. The van der Waals surface area contributed by atoms with E-state index in [1.54, 1.807) is 6.07 Å². The molecule has 21 heavy (non-hydrogen) atoms. The summed E-state index contributed by atoms with van der Waals surface area (Å²) in [5.74, 6) is 0.208. The van der Waals surface area contributed by atoms with Gasteiger partial charge in [-0.3, -0.25) is 0 Å². The number of nitrogens with two attached hydrogens (primary N) is 1. The van der Waals surface area contributed by atoms with E-state index in [0.717, 1.165) is 31.5 Å². The fraction of sp³-hybridized carbons (Fsp3) is 0.625. The van der Waals surface area contributed by atoms with Crippen molar-refractivity contribution in [2.24, 2.45) is 5.73 Å². The van der Waals surface area contributed by atoms with Gasteiger partial charge in [0, 0.05) is 12.6 Å². The molecule has 2 rings (SSSR count). The predicted octanol–water partition coefficient (Wildman–Crippen LogP) is 2.58. The topological polar surface area (TPSA) is 63.4 Å². The predicted molar refractivity (Wildman–Crippen MR) is 87.4 cm³/mol. The quantitative estimate of drug-likeness (QED) is 0.877. The highest BCUT2D eigenvalue weighted by Crippen LogP contribution is 2.32. The Balaban J connectivity index is 2.38. The molecule has 118 valence electrons. The van der Waals surface area contributed by atoms with E-state index < -0.39 is 9.84 Å². The molecule has 1 fully saturated rings. The summed E-state index contributed by atoms with van der Waals surface area (Å²) in [6, 6.07) is 7.79. The molecular weight excluding hydrogens is 284 g/mol. The third-order valence-electron chi connectivity index (χ3n) is 4.11. The number of nitrogens with zero attached hydrogens (tertiary/aromatic N) is 1. The largest absolute Gasteiger partial charge is 0.367 e. The van der Waals surface area contributed by atoms with E-state index in [4.69, 9.17) is 5.73 Å². The maximum absolute atomic E-state index is 12.5. The van der Waals surface area contributed by atoms with Crippen molar-refractivity contribution in [1.29, 1.82) is 0 Å². The van der Waals surface area contributed by atoms with E-state index >= 15 is 0 Å². The van der Waals surface area contributed by atoms with Crippen molar-refractivity contribution in [3.8, 4) is 0 Å². The second-order valence-electron chi connectivity index (χ2n) is 5.71. The Kier molecular flexibility index (Phi) is 5.65. The minimum atomic E-state index is -3.20. The molecule has 4 nitrogen and oxygen atoms in total. The molecule has 0 aliphatic carbocycles. The monoisotopic (exact) mass is 310 g/mol. The molecule has 1 aliphatic rings. The number of para-hydroxylation sites is 1. The summed E-state index contributed by atoms with van der Waals surface area (Å²) in [5.41, 5.74) is 6.59. The van der Waals surface area contributed by atoms with Crippen LogP contribution in [0.2, 0.25) is 0 Å². The van der Waals surface area contributed by atoms with E-state index in [2.05, 4.69) is 4.90 Å². The lowest BCUT2D eigenvalue weighted by Crippen LogP contribution is -2.41. The zero-order valence-corrected chi connectivity index (χ0v) is 13.6. The lowest BCUT2D eigenvalue weighted by Gasteiger charge is -2.38. The standard InChI is InChI=1S/C16H26N2O2S/c1-2-13-21(19,20)16-9-4-3-8-15(16)18-12-6-5-7-14(18)10-11-17/h3-4,8-9,14H,2,5-7,10-13,17H2,1H3. The van der Waals surface area contributed by atoms with Gasteiger partial charge >= 0.3 is 0 Å². The Morgan fingerprint density at radius 2 is 2.05 bits per heavy atom. The molecule has 0 spiro atoms. The van der Waals surface area contributed by atoms with Crippen molar-refractivity contribution in [2.75, 3.05) is 23.7 Å². The third kappa shape index (κ3) is 3.77. The van der Waals surface area contributed by atoms with E-state index in [1.165, 1.54) is 6.42 Å². The van der Waals surface area contributed by atoms with Crippen LogP contribution < -0.4 is 10.6 Å². The van der Waals surface area contributed by atoms with Crippen LogP contribution in [-0.4, -0.2) is 33.3 Å². The first-order valence-electron chi connectivity index (χ1n) is 7.88. The molecule has 0 bridgehead atoms. The number of sulfone groups is 1. The van der Waals surface area contributed by atoms with Crippen LogP contribution in [0.3, 0.4) is 0 Å². The van der Waals surface area contributed by atoms with E-state index in [-0.39, 0.29) is 5.75 Å². The average Bonchev–Trinajstić information content (AvgIpc) is 2.48. The SMILES string of the molecule is CCCS(=O)(=O)c1ccccc1N1CCCCC1CCN. The van der Waals surface area contributed by atoms with Crippen LogP contribution in [0.15, 0.2) is 29.2 Å². The molecule has 0 aromatic heterocycles. The fourth-order valence-electron chi connectivity index (χ4n) is 3.15. The number of benzene rings is 1. The molecule has 1 aromatic rings. The van der Waals surface area contributed by atoms with Gasteiger partial charge in [0.15, 0.2) is 9.84 Å². The van der Waals surface area contributed by atoms with Gasteiger partial charge in [-0.25, -0.2) is 8.42 Å².